The quantitative estimate of drug-likeness (QED) is 0.305. The molecule has 2 aliphatic rings. The molecule has 5 rings (SSSR count). The highest BCUT2D eigenvalue weighted by Gasteiger charge is 2.45. The first-order valence-electron chi connectivity index (χ1n) is 14.1. The number of halogens is 1. The van der Waals surface area contributed by atoms with Crippen molar-refractivity contribution in [2.45, 2.75) is 66.4 Å². The summed E-state index contributed by atoms with van der Waals surface area (Å²) in [5, 5.41) is 10.6. The molecule has 2 N–H and O–H groups in total. The first-order chi connectivity index (χ1) is 19.5. The number of nitrogens with two attached hydrogens (primary N) is 1. The number of nitrogens with zero attached hydrogens (tertiary/aromatic N) is 2. The molecule has 1 heterocycles. The number of nitriles is 1. The number of anilines is 1. The summed E-state index contributed by atoms with van der Waals surface area (Å²) in [6, 6.07) is 22.5. The SMILES string of the molecule is CCc1ccccc1N1C(N)=C(C#N)C(c2cc(COc3ccc(Br)cc3)c(C)cc2C)C2=C1CC(C)(C)CC2=O. The molecular weight excluding hydrogens is 574 g/mol. The van der Waals surface area contributed by atoms with Crippen LogP contribution in [-0.4, -0.2) is 5.78 Å². The summed E-state index contributed by atoms with van der Waals surface area (Å²) >= 11 is 3.47. The van der Waals surface area contributed by atoms with Crippen LogP contribution < -0.4 is 15.4 Å². The van der Waals surface area contributed by atoms with E-state index in [1.165, 1.54) is 0 Å². The van der Waals surface area contributed by atoms with Gasteiger partial charge in [0.15, 0.2) is 5.78 Å². The molecule has 1 atom stereocenters. The van der Waals surface area contributed by atoms with E-state index in [1.807, 2.05) is 54.3 Å². The molecular formula is C35H36BrN3O2. The lowest BCUT2D eigenvalue weighted by molar-refractivity contribution is -0.118. The van der Waals surface area contributed by atoms with E-state index in [4.69, 9.17) is 10.5 Å². The molecule has 0 amide bonds. The van der Waals surface area contributed by atoms with Crippen LogP contribution in [0.25, 0.3) is 0 Å². The van der Waals surface area contributed by atoms with Gasteiger partial charge in [-0.3, -0.25) is 9.69 Å². The van der Waals surface area contributed by atoms with E-state index in [9.17, 15) is 10.1 Å². The van der Waals surface area contributed by atoms with Crippen molar-refractivity contribution in [3.63, 3.8) is 0 Å². The number of rotatable bonds is 6. The van der Waals surface area contributed by atoms with Gasteiger partial charge in [0.2, 0.25) is 0 Å². The van der Waals surface area contributed by atoms with Crippen LogP contribution in [0.5, 0.6) is 5.75 Å². The normalized spacial score (nSPS) is 18.3. The van der Waals surface area contributed by atoms with Crippen molar-refractivity contribution in [3.8, 4) is 11.8 Å². The number of allylic oxidation sites excluding steroid dienone is 3. The molecule has 3 aromatic carbocycles. The molecule has 0 bridgehead atoms. The third-order valence-electron chi connectivity index (χ3n) is 8.24. The maximum Gasteiger partial charge on any atom is 0.162 e. The number of Topliss-reactive ketones (excluding diaryl/α,β-unsaturated/α-hetero) is 1. The number of hydrogen-bond acceptors (Lipinski definition) is 5. The molecule has 3 aromatic rings. The Bertz CT molecular complexity index is 1630. The van der Waals surface area contributed by atoms with Crippen molar-refractivity contribution in [1.29, 1.82) is 5.26 Å². The predicted octanol–water partition coefficient (Wildman–Crippen LogP) is 8.15. The summed E-state index contributed by atoms with van der Waals surface area (Å²) in [5.41, 5.74) is 14.8. The van der Waals surface area contributed by atoms with Gasteiger partial charge in [0.25, 0.3) is 0 Å². The number of para-hydroxylation sites is 1. The van der Waals surface area contributed by atoms with E-state index >= 15 is 0 Å². The highest BCUT2D eigenvalue weighted by atomic mass is 79.9. The zero-order valence-electron chi connectivity index (χ0n) is 24.3. The third kappa shape index (κ3) is 5.44. The van der Waals surface area contributed by atoms with Crippen molar-refractivity contribution in [2.24, 2.45) is 11.1 Å². The van der Waals surface area contributed by atoms with Crippen LogP contribution in [-0.2, 0) is 17.8 Å². The lowest BCUT2D eigenvalue weighted by Crippen LogP contribution is -2.42. The Hall–Kier alpha value is -3.82. The van der Waals surface area contributed by atoms with Crippen molar-refractivity contribution in [2.75, 3.05) is 4.90 Å². The first kappa shape index (κ1) is 28.7. The standard InChI is InChI=1S/C35H36BrN3O2/c1-6-23-9-7-8-10-29(23)39-30-17-35(4,5)18-31(40)33(30)32(28(19-37)34(39)38)27-16-24(21(2)15-22(27)3)20-41-26-13-11-25(36)12-14-26/h7-16,32H,6,17-18,20,38H2,1-5H3. The molecule has 0 aromatic heterocycles. The van der Waals surface area contributed by atoms with Crippen LogP contribution in [0.1, 0.15) is 67.3 Å². The van der Waals surface area contributed by atoms with Gasteiger partial charge in [-0.2, -0.15) is 5.26 Å². The minimum Gasteiger partial charge on any atom is -0.489 e. The topological polar surface area (TPSA) is 79.3 Å². The lowest BCUT2D eigenvalue weighted by Gasteiger charge is -2.44. The molecule has 0 saturated heterocycles. The zero-order chi connectivity index (χ0) is 29.5. The Kier molecular flexibility index (Phi) is 7.85. The summed E-state index contributed by atoms with van der Waals surface area (Å²) in [6.07, 6.45) is 1.92. The average molecular weight is 611 g/mol. The van der Waals surface area contributed by atoms with Crippen LogP contribution in [0.3, 0.4) is 0 Å². The van der Waals surface area contributed by atoms with Gasteiger partial charge in [0, 0.05) is 22.2 Å². The van der Waals surface area contributed by atoms with Gasteiger partial charge in [-0.15, -0.1) is 0 Å². The van der Waals surface area contributed by atoms with E-state index < -0.39 is 5.92 Å². The Morgan fingerprint density at radius 2 is 1.76 bits per heavy atom. The summed E-state index contributed by atoms with van der Waals surface area (Å²) in [4.78, 5) is 16.0. The highest BCUT2D eigenvalue weighted by molar-refractivity contribution is 9.10. The summed E-state index contributed by atoms with van der Waals surface area (Å²) in [6.45, 7) is 10.8. The lowest BCUT2D eigenvalue weighted by atomic mass is 9.68. The number of hydrogen-bond donors (Lipinski definition) is 1. The van der Waals surface area contributed by atoms with Crippen molar-refractivity contribution in [1.82, 2.24) is 0 Å². The van der Waals surface area contributed by atoms with Crippen LogP contribution in [0.4, 0.5) is 5.69 Å². The van der Waals surface area contributed by atoms with Gasteiger partial charge >= 0.3 is 0 Å². The Balaban J connectivity index is 1.67. The van der Waals surface area contributed by atoms with Gasteiger partial charge in [-0.25, -0.2) is 0 Å². The van der Waals surface area contributed by atoms with E-state index in [0.717, 1.165) is 55.8 Å². The van der Waals surface area contributed by atoms with Crippen LogP contribution in [0.15, 0.2) is 87.8 Å². The number of benzene rings is 3. The second kappa shape index (κ2) is 11.2. The van der Waals surface area contributed by atoms with E-state index in [1.54, 1.807) is 0 Å². The predicted molar refractivity (Wildman–Crippen MR) is 167 cm³/mol. The number of aryl methyl sites for hydroxylation is 3. The monoisotopic (exact) mass is 609 g/mol. The molecule has 0 radical (unpaired) electrons. The molecule has 5 nitrogen and oxygen atoms in total. The minimum atomic E-state index is -0.532. The largest absolute Gasteiger partial charge is 0.489 e. The van der Waals surface area contributed by atoms with Crippen molar-refractivity contribution < 1.29 is 9.53 Å². The number of carbonyl (C=O) groups excluding carboxylic acids is 1. The fourth-order valence-electron chi connectivity index (χ4n) is 6.20. The van der Waals surface area contributed by atoms with E-state index in [0.29, 0.717) is 36.4 Å². The molecule has 41 heavy (non-hydrogen) atoms. The summed E-state index contributed by atoms with van der Waals surface area (Å²) in [7, 11) is 0. The third-order valence-corrected chi connectivity index (χ3v) is 8.77. The first-order valence-corrected chi connectivity index (χ1v) is 14.9. The van der Waals surface area contributed by atoms with Crippen LogP contribution >= 0.6 is 15.9 Å². The second-order valence-corrected chi connectivity index (χ2v) is 12.8. The Morgan fingerprint density at radius 1 is 1.05 bits per heavy atom. The summed E-state index contributed by atoms with van der Waals surface area (Å²) in [5.74, 6) is 0.716. The summed E-state index contributed by atoms with van der Waals surface area (Å²) < 4.78 is 7.12. The van der Waals surface area contributed by atoms with Gasteiger partial charge in [0.05, 0.1) is 23.2 Å². The average Bonchev–Trinajstić information content (AvgIpc) is 2.92. The highest BCUT2D eigenvalue weighted by Crippen LogP contribution is 2.51. The molecule has 6 heteroatoms. The molecule has 0 saturated carbocycles. The fourth-order valence-corrected chi connectivity index (χ4v) is 6.46. The smallest absolute Gasteiger partial charge is 0.162 e. The number of ether oxygens (including phenoxy) is 1. The Morgan fingerprint density at radius 3 is 2.44 bits per heavy atom. The van der Waals surface area contributed by atoms with Gasteiger partial charge < -0.3 is 10.5 Å². The molecule has 210 valence electrons. The van der Waals surface area contributed by atoms with Gasteiger partial charge in [-0.05, 0) is 90.3 Å². The van der Waals surface area contributed by atoms with Gasteiger partial charge in [0.1, 0.15) is 18.2 Å². The fraction of sp³-hybridized carbons (Fsp3) is 0.314. The maximum absolute atomic E-state index is 14.0. The van der Waals surface area contributed by atoms with E-state index in [2.05, 4.69) is 67.9 Å². The molecule has 1 aliphatic heterocycles. The molecule has 1 unspecified atom stereocenters. The second-order valence-electron chi connectivity index (χ2n) is 11.8. The van der Waals surface area contributed by atoms with E-state index in [-0.39, 0.29) is 11.2 Å². The van der Waals surface area contributed by atoms with Crippen LogP contribution in [0.2, 0.25) is 0 Å². The molecule has 0 fully saturated rings. The zero-order valence-corrected chi connectivity index (χ0v) is 25.9. The molecule has 0 spiro atoms. The van der Waals surface area contributed by atoms with Gasteiger partial charge in [-0.1, -0.05) is 67.0 Å². The minimum absolute atomic E-state index is 0.0770. The van der Waals surface area contributed by atoms with Crippen molar-refractivity contribution >= 4 is 27.4 Å². The maximum atomic E-state index is 14.0. The molecule has 1 aliphatic carbocycles. The number of carbonyl (C=O) groups is 1. The van der Waals surface area contributed by atoms with Crippen molar-refractivity contribution in [3.05, 3.63) is 116 Å². The Labute approximate surface area is 251 Å². The number of ketones is 1. The van der Waals surface area contributed by atoms with Crippen LogP contribution in [0, 0.1) is 30.6 Å².